The minimum atomic E-state index is -0.415. The van der Waals surface area contributed by atoms with Crippen LogP contribution in [0.3, 0.4) is 0 Å². The summed E-state index contributed by atoms with van der Waals surface area (Å²) >= 11 is 1.62. The highest BCUT2D eigenvalue weighted by molar-refractivity contribution is 8.14. The predicted molar refractivity (Wildman–Crippen MR) is 149 cm³/mol. The number of likely N-dealkylation sites (tertiary alicyclic amines) is 1. The van der Waals surface area contributed by atoms with Crippen molar-refractivity contribution in [2.45, 2.75) is 57.4 Å². The number of hydrogen-bond acceptors (Lipinski definition) is 7. The van der Waals surface area contributed by atoms with Crippen LogP contribution in [0.5, 0.6) is 5.75 Å². The Labute approximate surface area is 218 Å². The first-order valence-electron chi connectivity index (χ1n) is 13.4. The molecule has 4 heterocycles. The van der Waals surface area contributed by atoms with Gasteiger partial charge in [0.25, 0.3) is 0 Å². The number of hydrogen-bond donors (Lipinski definition) is 2. The second-order valence-corrected chi connectivity index (χ2v) is 10.9. The molecule has 1 saturated heterocycles. The molecule has 8 heteroatoms. The topological polar surface area (TPSA) is 78.9 Å². The fraction of sp³-hybridized carbons (Fsp3) is 0.536. The first-order chi connectivity index (χ1) is 17.7. The summed E-state index contributed by atoms with van der Waals surface area (Å²) in [6, 6.07) is 9.82. The monoisotopic (exact) mass is 507 g/mol. The van der Waals surface area contributed by atoms with Crippen LogP contribution in [0, 0.1) is 0 Å². The maximum absolute atomic E-state index is 13.1. The first kappa shape index (κ1) is 25.1. The molecule has 192 valence electrons. The molecule has 0 spiro atoms. The van der Waals surface area contributed by atoms with Crippen molar-refractivity contribution in [3.63, 3.8) is 0 Å². The van der Waals surface area contributed by atoms with Crippen LogP contribution in [0.4, 0.5) is 11.5 Å². The fourth-order valence-electron chi connectivity index (χ4n) is 4.98. The van der Waals surface area contributed by atoms with Crippen molar-refractivity contribution in [3.8, 4) is 5.75 Å². The van der Waals surface area contributed by atoms with Gasteiger partial charge in [-0.05, 0) is 94.4 Å². The number of benzene rings is 1. The third kappa shape index (κ3) is 6.79. The number of aromatic nitrogens is 1. The number of ether oxygens (including phenoxy) is 1. The van der Waals surface area contributed by atoms with Crippen LogP contribution in [-0.2, 0) is 11.2 Å². The van der Waals surface area contributed by atoms with Crippen LogP contribution in [0.2, 0.25) is 0 Å². The summed E-state index contributed by atoms with van der Waals surface area (Å²) in [6.07, 6.45) is 11.1. The molecular weight excluding hydrogens is 470 g/mol. The summed E-state index contributed by atoms with van der Waals surface area (Å²) in [4.78, 5) is 24.9. The molecule has 7 nitrogen and oxygen atoms in total. The van der Waals surface area contributed by atoms with E-state index in [9.17, 15) is 4.79 Å². The van der Waals surface area contributed by atoms with Crippen LogP contribution in [0.25, 0.3) is 0 Å². The van der Waals surface area contributed by atoms with E-state index < -0.39 is 6.04 Å². The number of fused-ring (bicyclic) bond motifs is 5. The molecule has 2 aromatic rings. The molecule has 5 rings (SSSR count). The van der Waals surface area contributed by atoms with Gasteiger partial charge in [-0.2, -0.15) is 0 Å². The SMILES string of the molecule is O=C1Nc2ccc(CCCN3CCCCC3)cc2OCCCCCNc2cc(ccn2)C2=NC1CS2. The quantitative estimate of drug-likeness (QED) is 0.608. The lowest BCUT2D eigenvalue weighted by atomic mass is 10.1. The second-order valence-electron chi connectivity index (χ2n) is 9.85. The van der Waals surface area contributed by atoms with E-state index in [4.69, 9.17) is 9.73 Å². The molecule has 1 aromatic carbocycles. The summed E-state index contributed by atoms with van der Waals surface area (Å²) in [5, 5.41) is 7.41. The van der Waals surface area contributed by atoms with E-state index in [1.54, 1.807) is 18.0 Å². The van der Waals surface area contributed by atoms with Gasteiger partial charge in [0.05, 0.1) is 17.3 Å². The molecule has 0 aliphatic carbocycles. The van der Waals surface area contributed by atoms with E-state index in [-0.39, 0.29) is 5.91 Å². The summed E-state index contributed by atoms with van der Waals surface area (Å²) in [5.74, 6) is 2.17. The van der Waals surface area contributed by atoms with Crippen molar-refractivity contribution in [1.29, 1.82) is 0 Å². The Hall–Kier alpha value is -2.58. The summed E-state index contributed by atoms with van der Waals surface area (Å²) in [5.41, 5.74) is 3.01. The number of pyridine rings is 1. The van der Waals surface area contributed by atoms with Crippen molar-refractivity contribution in [3.05, 3.63) is 47.7 Å². The van der Waals surface area contributed by atoms with Gasteiger partial charge >= 0.3 is 0 Å². The highest BCUT2D eigenvalue weighted by atomic mass is 32.2. The number of carbonyl (C=O) groups is 1. The van der Waals surface area contributed by atoms with E-state index in [0.29, 0.717) is 12.4 Å². The van der Waals surface area contributed by atoms with Crippen molar-refractivity contribution < 1.29 is 9.53 Å². The molecule has 2 N–H and O–H groups in total. The Bertz CT molecular complexity index is 1070. The van der Waals surface area contributed by atoms with Crippen LogP contribution in [-0.4, -0.2) is 65.4 Å². The predicted octanol–water partition coefficient (Wildman–Crippen LogP) is 4.98. The number of anilines is 2. The number of carbonyl (C=O) groups excluding carboxylic acids is 1. The third-order valence-electron chi connectivity index (χ3n) is 7.04. The number of aliphatic imine (C=N–C) groups is 1. The van der Waals surface area contributed by atoms with Gasteiger partial charge in [0.1, 0.15) is 17.6 Å². The number of aryl methyl sites for hydroxylation is 1. The normalized spacial score (nSPS) is 21.4. The third-order valence-corrected chi connectivity index (χ3v) is 8.13. The van der Waals surface area contributed by atoms with Crippen molar-refractivity contribution in [1.82, 2.24) is 9.88 Å². The van der Waals surface area contributed by atoms with Gasteiger partial charge in [0.15, 0.2) is 0 Å². The zero-order chi connectivity index (χ0) is 24.6. The fourth-order valence-corrected chi connectivity index (χ4v) is 6.02. The summed E-state index contributed by atoms with van der Waals surface area (Å²) in [6.45, 7) is 5.13. The molecule has 1 aromatic heterocycles. The van der Waals surface area contributed by atoms with E-state index >= 15 is 0 Å². The minimum Gasteiger partial charge on any atom is -0.491 e. The van der Waals surface area contributed by atoms with Gasteiger partial charge in [-0.15, -0.1) is 11.8 Å². The molecule has 3 aliphatic heterocycles. The Balaban J connectivity index is 1.28. The van der Waals surface area contributed by atoms with E-state index in [1.807, 2.05) is 18.2 Å². The van der Waals surface area contributed by atoms with Gasteiger partial charge in [-0.3, -0.25) is 9.79 Å². The summed E-state index contributed by atoms with van der Waals surface area (Å²) in [7, 11) is 0. The van der Waals surface area contributed by atoms with E-state index in [0.717, 1.165) is 73.1 Å². The van der Waals surface area contributed by atoms with Gasteiger partial charge in [0.2, 0.25) is 5.91 Å². The minimum absolute atomic E-state index is 0.0862. The molecular formula is C28H37N5O2S. The Morgan fingerprint density at radius 3 is 2.86 bits per heavy atom. The molecule has 1 amide bonds. The molecule has 1 fully saturated rings. The zero-order valence-electron chi connectivity index (χ0n) is 21.0. The van der Waals surface area contributed by atoms with E-state index in [2.05, 4.69) is 32.7 Å². The molecule has 3 aliphatic rings. The molecule has 0 saturated carbocycles. The van der Waals surface area contributed by atoms with Gasteiger partial charge in [-0.25, -0.2) is 4.98 Å². The number of nitrogens with zero attached hydrogens (tertiary/aromatic N) is 3. The van der Waals surface area contributed by atoms with Gasteiger partial charge in [-0.1, -0.05) is 12.5 Å². The van der Waals surface area contributed by atoms with Crippen molar-refractivity contribution in [2.75, 3.05) is 49.2 Å². The van der Waals surface area contributed by atoms with Crippen LogP contribution in [0.1, 0.15) is 56.1 Å². The highest BCUT2D eigenvalue weighted by Crippen LogP contribution is 2.30. The second kappa shape index (κ2) is 12.6. The average molecular weight is 508 g/mol. The Kier molecular flexibility index (Phi) is 8.77. The lowest BCUT2D eigenvalue weighted by Gasteiger charge is -2.26. The summed E-state index contributed by atoms with van der Waals surface area (Å²) < 4.78 is 6.22. The number of amides is 1. The van der Waals surface area contributed by atoms with Crippen LogP contribution >= 0.6 is 11.8 Å². The zero-order valence-corrected chi connectivity index (χ0v) is 21.8. The lowest BCUT2D eigenvalue weighted by molar-refractivity contribution is -0.116. The maximum Gasteiger partial charge on any atom is 0.250 e. The molecule has 4 bridgehead atoms. The average Bonchev–Trinajstić information content (AvgIpc) is 3.40. The molecule has 0 radical (unpaired) electrons. The highest BCUT2D eigenvalue weighted by Gasteiger charge is 2.27. The maximum atomic E-state index is 13.1. The van der Waals surface area contributed by atoms with Crippen LogP contribution in [0.15, 0.2) is 41.5 Å². The molecule has 1 atom stereocenters. The van der Waals surface area contributed by atoms with Crippen molar-refractivity contribution >= 4 is 34.2 Å². The van der Waals surface area contributed by atoms with Gasteiger partial charge < -0.3 is 20.3 Å². The Morgan fingerprint density at radius 2 is 1.94 bits per heavy atom. The Morgan fingerprint density at radius 1 is 1.06 bits per heavy atom. The first-order valence-corrected chi connectivity index (χ1v) is 14.4. The number of rotatable bonds is 4. The smallest absolute Gasteiger partial charge is 0.250 e. The van der Waals surface area contributed by atoms with E-state index in [1.165, 1.54) is 37.9 Å². The van der Waals surface area contributed by atoms with Crippen LogP contribution < -0.4 is 15.4 Å². The lowest BCUT2D eigenvalue weighted by Crippen LogP contribution is -2.30. The molecule has 36 heavy (non-hydrogen) atoms. The number of piperidine rings is 1. The van der Waals surface area contributed by atoms with Crippen molar-refractivity contribution in [2.24, 2.45) is 4.99 Å². The largest absolute Gasteiger partial charge is 0.491 e. The number of thioether (sulfide) groups is 1. The van der Waals surface area contributed by atoms with Gasteiger partial charge in [0, 0.05) is 24.1 Å². The number of nitrogens with one attached hydrogen (secondary N) is 2. The molecule has 1 unspecified atom stereocenters. The standard InChI is InChI=1S/C28H37N5O2S/c34-27-24-20-36-28(32-24)22-11-13-30-26(19-22)29-12-3-1-6-17-35-25-18-21(9-10-23(25)31-27)8-7-16-33-14-4-2-5-15-33/h9-11,13,18-19,24H,1-8,12,14-17,20H2,(H,29,30)(H,31,34).